The van der Waals surface area contributed by atoms with Crippen LogP contribution in [-0.2, 0) is 21.0 Å². The van der Waals surface area contributed by atoms with Crippen LogP contribution < -0.4 is 5.48 Å². The molecule has 1 unspecified atom stereocenters. The summed E-state index contributed by atoms with van der Waals surface area (Å²) in [5, 5.41) is 1.01. The maximum Gasteiger partial charge on any atom is 0.336 e. The second-order valence-corrected chi connectivity index (χ2v) is 8.05. The Bertz CT molecular complexity index is 1100. The first-order chi connectivity index (χ1) is 15.3. The molecule has 2 aromatic carbocycles. The normalized spacial score (nSPS) is 17.4. The number of carbonyl (C=O) groups excluding carboxylic acids is 1. The predicted molar refractivity (Wildman–Crippen MR) is 124 cm³/mol. The SMILES string of the molecule is CCOC(=O)C1=C(C)N=C(Cl)/C(=C/NOCc2ccc(F)cc2Cl)C1c1ccc(Cl)cc1. The molecule has 9 heteroatoms. The van der Waals surface area contributed by atoms with Crippen molar-refractivity contribution in [2.75, 3.05) is 6.61 Å². The van der Waals surface area contributed by atoms with E-state index < -0.39 is 17.7 Å². The fourth-order valence-electron chi connectivity index (χ4n) is 3.24. The third-order valence-corrected chi connectivity index (χ3v) is 5.64. The van der Waals surface area contributed by atoms with Crippen molar-refractivity contribution in [3.05, 3.63) is 92.5 Å². The summed E-state index contributed by atoms with van der Waals surface area (Å²) in [6.07, 6.45) is 1.52. The summed E-state index contributed by atoms with van der Waals surface area (Å²) < 4.78 is 18.5. The molecule has 0 aliphatic carbocycles. The third-order valence-electron chi connectivity index (χ3n) is 4.73. The van der Waals surface area contributed by atoms with E-state index in [9.17, 15) is 9.18 Å². The van der Waals surface area contributed by atoms with Crippen molar-refractivity contribution in [1.29, 1.82) is 0 Å². The van der Waals surface area contributed by atoms with Gasteiger partial charge in [0.15, 0.2) is 0 Å². The number of hydrogen-bond donors (Lipinski definition) is 1. The van der Waals surface area contributed by atoms with E-state index in [4.69, 9.17) is 44.4 Å². The number of aliphatic imine (C=N–C) groups is 1. The summed E-state index contributed by atoms with van der Waals surface area (Å²) in [5.41, 5.74) is 5.43. The van der Waals surface area contributed by atoms with Gasteiger partial charge in [-0.2, -0.15) is 0 Å². The van der Waals surface area contributed by atoms with E-state index in [0.717, 1.165) is 5.56 Å². The quantitative estimate of drug-likeness (QED) is 0.277. The summed E-state index contributed by atoms with van der Waals surface area (Å²) in [4.78, 5) is 22.5. The highest BCUT2D eigenvalue weighted by molar-refractivity contribution is 6.70. The molecule has 0 radical (unpaired) electrons. The lowest BCUT2D eigenvalue weighted by molar-refractivity contribution is -0.138. The Balaban J connectivity index is 1.90. The van der Waals surface area contributed by atoms with Crippen LogP contribution in [0, 0.1) is 5.82 Å². The minimum atomic E-state index is -0.554. The Morgan fingerprint density at radius 1 is 1.19 bits per heavy atom. The van der Waals surface area contributed by atoms with Crippen molar-refractivity contribution in [3.63, 3.8) is 0 Å². The molecule has 0 aromatic heterocycles. The van der Waals surface area contributed by atoms with Gasteiger partial charge in [0.05, 0.1) is 17.9 Å². The summed E-state index contributed by atoms with van der Waals surface area (Å²) in [6, 6.07) is 11.1. The number of hydroxylamine groups is 1. The molecule has 0 saturated carbocycles. The Labute approximate surface area is 200 Å². The molecule has 1 aliphatic rings. The molecule has 0 bridgehead atoms. The largest absolute Gasteiger partial charge is 0.463 e. The monoisotopic (exact) mass is 496 g/mol. The van der Waals surface area contributed by atoms with Crippen LogP contribution in [0.15, 0.2) is 70.5 Å². The molecule has 5 nitrogen and oxygen atoms in total. The van der Waals surface area contributed by atoms with Gasteiger partial charge in [0.2, 0.25) is 0 Å². The molecule has 2 aromatic rings. The van der Waals surface area contributed by atoms with Gasteiger partial charge in [-0.1, -0.05) is 53.0 Å². The van der Waals surface area contributed by atoms with E-state index in [0.29, 0.717) is 27.4 Å². The van der Waals surface area contributed by atoms with Crippen LogP contribution in [0.2, 0.25) is 10.0 Å². The van der Waals surface area contributed by atoms with Gasteiger partial charge in [-0.25, -0.2) is 14.2 Å². The Kier molecular flexibility index (Phi) is 8.32. The number of allylic oxidation sites excluding steroid dienone is 2. The van der Waals surface area contributed by atoms with Crippen molar-refractivity contribution in [3.8, 4) is 0 Å². The summed E-state index contributed by atoms with van der Waals surface area (Å²) in [5.74, 6) is -1.47. The van der Waals surface area contributed by atoms with Crippen molar-refractivity contribution in [1.82, 2.24) is 5.48 Å². The predicted octanol–water partition coefficient (Wildman–Crippen LogP) is 6.31. The maximum absolute atomic E-state index is 13.2. The Morgan fingerprint density at radius 2 is 1.91 bits per heavy atom. The average molecular weight is 498 g/mol. The molecule has 0 fully saturated rings. The number of halogens is 4. The van der Waals surface area contributed by atoms with Crippen molar-refractivity contribution < 1.29 is 18.8 Å². The molecule has 168 valence electrons. The zero-order valence-electron chi connectivity index (χ0n) is 17.3. The van der Waals surface area contributed by atoms with Gasteiger partial charge in [-0.05, 0) is 49.2 Å². The molecule has 32 heavy (non-hydrogen) atoms. The van der Waals surface area contributed by atoms with Gasteiger partial charge < -0.3 is 4.74 Å². The van der Waals surface area contributed by atoms with Crippen LogP contribution in [0.1, 0.15) is 30.9 Å². The molecule has 1 N–H and O–H groups in total. The lowest BCUT2D eigenvalue weighted by atomic mass is 9.82. The van der Waals surface area contributed by atoms with E-state index >= 15 is 0 Å². The minimum absolute atomic E-state index is 0.0723. The van der Waals surface area contributed by atoms with Gasteiger partial charge in [0, 0.05) is 27.7 Å². The molecule has 0 saturated heterocycles. The van der Waals surface area contributed by atoms with Gasteiger partial charge in [-0.3, -0.25) is 10.3 Å². The second-order valence-electron chi connectivity index (χ2n) is 6.85. The van der Waals surface area contributed by atoms with Crippen LogP contribution in [0.5, 0.6) is 0 Å². The number of carbonyl (C=O) groups is 1. The van der Waals surface area contributed by atoms with Crippen LogP contribution in [0.25, 0.3) is 0 Å². The molecular formula is C23H20Cl3FN2O3. The highest BCUT2D eigenvalue weighted by atomic mass is 35.5. The molecule has 3 rings (SSSR count). The molecular weight excluding hydrogens is 478 g/mol. The van der Waals surface area contributed by atoms with Crippen molar-refractivity contribution in [2.24, 2.45) is 4.99 Å². The van der Waals surface area contributed by atoms with Crippen molar-refractivity contribution in [2.45, 2.75) is 26.4 Å². The van der Waals surface area contributed by atoms with Crippen LogP contribution >= 0.6 is 34.8 Å². The van der Waals surface area contributed by atoms with Crippen LogP contribution in [0.3, 0.4) is 0 Å². The highest BCUT2D eigenvalue weighted by Gasteiger charge is 2.34. The number of esters is 1. The van der Waals surface area contributed by atoms with E-state index in [2.05, 4.69) is 10.5 Å². The number of benzene rings is 2. The molecule has 1 atom stereocenters. The van der Waals surface area contributed by atoms with Gasteiger partial charge in [0.25, 0.3) is 0 Å². The van der Waals surface area contributed by atoms with E-state index in [1.807, 2.05) is 12.1 Å². The first-order valence-electron chi connectivity index (χ1n) is 9.71. The van der Waals surface area contributed by atoms with Gasteiger partial charge in [0.1, 0.15) is 17.6 Å². The smallest absolute Gasteiger partial charge is 0.336 e. The van der Waals surface area contributed by atoms with E-state index in [-0.39, 0.29) is 23.4 Å². The Hall–Kier alpha value is -2.38. The zero-order valence-corrected chi connectivity index (χ0v) is 19.6. The minimum Gasteiger partial charge on any atom is -0.463 e. The fraction of sp³-hybridized carbons (Fsp3) is 0.217. The van der Waals surface area contributed by atoms with Gasteiger partial charge >= 0.3 is 5.97 Å². The van der Waals surface area contributed by atoms with Crippen LogP contribution in [0.4, 0.5) is 4.39 Å². The second kappa shape index (κ2) is 11.0. The first-order valence-corrected chi connectivity index (χ1v) is 10.8. The first kappa shape index (κ1) is 24.3. The third kappa shape index (κ3) is 5.70. The highest BCUT2D eigenvalue weighted by Crippen LogP contribution is 2.40. The lowest BCUT2D eigenvalue weighted by Gasteiger charge is -2.27. The topological polar surface area (TPSA) is 59.9 Å². The Morgan fingerprint density at radius 3 is 2.56 bits per heavy atom. The molecule has 1 aliphatic heterocycles. The number of ether oxygens (including phenoxy) is 1. The number of nitrogens with zero attached hydrogens (tertiary/aromatic N) is 1. The van der Waals surface area contributed by atoms with Gasteiger partial charge in [-0.15, -0.1) is 0 Å². The van der Waals surface area contributed by atoms with Crippen LogP contribution in [-0.4, -0.2) is 17.7 Å². The zero-order chi connectivity index (χ0) is 23.3. The fourth-order valence-corrected chi connectivity index (χ4v) is 3.88. The number of rotatable bonds is 7. The van der Waals surface area contributed by atoms with Crippen molar-refractivity contribution >= 4 is 45.9 Å². The van der Waals surface area contributed by atoms with E-state index in [1.165, 1.54) is 24.4 Å². The summed E-state index contributed by atoms with van der Waals surface area (Å²) in [7, 11) is 0. The molecule has 1 heterocycles. The molecule has 0 amide bonds. The summed E-state index contributed by atoms with van der Waals surface area (Å²) in [6.45, 7) is 3.73. The average Bonchev–Trinajstić information content (AvgIpc) is 2.74. The lowest BCUT2D eigenvalue weighted by Crippen LogP contribution is -2.25. The number of nitrogens with one attached hydrogen (secondary N) is 1. The molecule has 0 spiro atoms. The van der Waals surface area contributed by atoms with E-state index in [1.54, 1.807) is 26.0 Å². The summed E-state index contributed by atoms with van der Waals surface area (Å²) >= 11 is 18.5. The maximum atomic E-state index is 13.2. The number of hydrogen-bond acceptors (Lipinski definition) is 5. The standard InChI is InChI=1S/C23H20Cl3FN2O3/c1-3-31-23(30)20-13(2)29-22(26)18(21(20)14-4-7-16(24)8-5-14)11-28-32-12-15-6-9-17(27)10-19(15)25/h4-11,21,28H,3,12H2,1-2H3/b18-11+.